The fourth-order valence-corrected chi connectivity index (χ4v) is 6.50. The summed E-state index contributed by atoms with van der Waals surface area (Å²) in [5, 5.41) is 11.3. The van der Waals surface area contributed by atoms with E-state index in [1.807, 2.05) is 30.3 Å². The molecule has 0 saturated carbocycles. The third-order valence-electron chi connectivity index (χ3n) is 5.96. The van der Waals surface area contributed by atoms with Crippen molar-refractivity contribution in [1.29, 1.82) is 0 Å². The summed E-state index contributed by atoms with van der Waals surface area (Å²) in [6.45, 7) is 0.413. The Bertz CT molecular complexity index is 1750. The zero-order valence-electron chi connectivity index (χ0n) is 21.6. The number of carbonyl (C=O) groups is 1. The Hall–Kier alpha value is -3.49. The average Bonchev–Trinajstić information content (AvgIpc) is 3.38. The van der Waals surface area contributed by atoms with E-state index in [2.05, 4.69) is 83.6 Å². The molecular weight excluding hydrogens is 744 g/mol. The number of hydrogen-bond donors (Lipinski definition) is 2. The summed E-state index contributed by atoms with van der Waals surface area (Å²) in [5.41, 5.74) is 4.25. The smallest absolute Gasteiger partial charge is 0.416 e. The summed E-state index contributed by atoms with van der Waals surface area (Å²) in [4.78, 5) is 16.7. The molecule has 0 saturated heterocycles. The van der Waals surface area contributed by atoms with E-state index in [0.29, 0.717) is 23.2 Å². The summed E-state index contributed by atoms with van der Waals surface area (Å²) >= 11 is 6.95. The molecule has 2 N–H and O–H groups in total. The van der Waals surface area contributed by atoms with Crippen LogP contribution in [0.4, 0.5) is 24.0 Å². The maximum absolute atomic E-state index is 12.9. The molecule has 42 heavy (non-hydrogen) atoms. The van der Waals surface area contributed by atoms with Crippen molar-refractivity contribution in [2.75, 3.05) is 5.32 Å². The van der Waals surface area contributed by atoms with Gasteiger partial charge in [0.05, 0.1) is 31.9 Å². The Morgan fingerprint density at radius 3 is 2.64 bits per heavy atom. The number of rotatable bonds is 9. The third-order valence-corrected chi connectivity index (χ3v) is 8.15. The summed E-state index contributed by atoms with van der Waals surface area (Å²) in [6, 6.07) is 23.0. The van der Waals surface area contributed by atoms with E-state index in [1.54, 1.807) is 5.38 Å². The number of aromatic nitrogens is 1. The van der Waals surface area contributed by atoms with Crippen LogP contribution in [0.5, 0.6) is 5.75 Å². The van der Waals surface area contributed by atoms with Gasteiger partial charge in [0.15, 0.2) is 5.13 Å². The van der Waals surface area contributed by atoms with Gasteiger partial charge in [0.25, 0.3) is 0 Å². The standard InChI is InChI=1S/C30H21BrF3IN4O2S/c31-25-11-19(12-26(35)28(25)41-16-18-8-9-20-4-1-2-5-21(20)10-18)15-36-39-27(40)14-24-17-42-29(38-24)37-23-7-3-6-22(13-23)30(32,33)34/h1-13,15,17H,14,16H2,(H,37,38)(H,39,40)/b36-15-. The molecule has 0 fully saturated rings. The summed E-state index contributed by atoms with van der Waals surface area (Å²) < 4.78 is 46.6. The third kappa shape index (κ3) is 7.86. The first-order chi connectivity index (χ1) is 20.1. The number of carbonyl (C=O) groups excluding carboxylic acids is 1. The lowest BCUT2D eigenvalue weighted by atomic mass is 10.1. The molecule has 12 heteroatoms. The van der Waals surface area contributed by atoms with Gasteiger partial charge in [0, 0.05) is 11.1 Å². The summed E-state index contributed by atoms with van der Waals surface area (Å²) in [5.74, 6) is 0.328. The van der Waals surface area contributed by atoms with Gasteiger partial charge < -0.3 is 10.1 Å². The maximum atomic E-state index is 12.9. The number of hydrogen-bond acceptors (Lipinski definition) is 6. The van der Waals surface area contributed by atoms with Crippen LogP contribution < -0.4 is 15.5 Å². The second kappa shape index (κ2) is 13.2. The molecule has 1 heterocycles. The van der Waals surface area contributed by atoms with Crippen LogP contribution in [0.1, 0.15) is 22.4 Å². The molecule has 0 aliphatic carbocycles. The summed E-state index contributed by atoms with van der Waals surface area (Å²) in [6.07, 6.45) is -2.95. The van der Waals surface area contributed by atoms with Crippen molar-refractivity contribution in [2.24, 2.45) is 5.10 Å². The molecule has 0 spiro atoms. The SMILES string of the molecule is O=C(Cc1csc(Nc2cccc(C(F)(F)F)c2)n1)N/N=C\c1cc(Br)c(OCc2ccc3ccccc3c2)c(I)c1. The van der Waals surface area contributed by atoms with Gasteiger partial charge in [0.1, 0.15) is 12.4 Å². The number of thiazole rings is 1. The lowest BCUT2D eigenvalue weighted by molar-refractivity contribution is -0.137. The highest BCUT2D eigenvalue weighted by Gasteiger charge is 2.30. The molecule has 5 aromatic rings. The van der Waals surface area contributed by atoms with E-state index in [-0.39, 0.29) is 18.0 Å². The second-order valence-electron chi connectivity index (χ2n) is 9.10. The van der Waals surface area contributed by atoms with Crippen LogP contribution in [0.25, 0.3) is 10.8 Å². The van der Waals surface area contributed by atoms with Crippen molar-refractivity contribution in [3.8, 4) is 5.75 Å². The lowest BCUT2D eigenvalue weighted by Gasteiger charge is -2.12. The van der Waals surface area contributed by atoms with Gasteiger partial charge in [-0.1, -0.05) is 42.5 Å². The van der Waals surface area contributed by atoms with E-state index in [9.17, 15) is 18.0 Å². The van der Waals surface area contributed by atoms with Gasteiger partial charge in [-0.05, 0) is 96.8 Å². The zero-order valence-corrected chi connectivity index (χ0v) is 26.1. The number of nitrogens with one attached hydrogen (secondary N) is 2. The number of anilines is 2. The van der Waals surface area contributed by atoms with Crippen molar-refractivity contribution < 1.29 is 22.7 Å². The maximum Gasteiger partial charge on any atom is 0.416 e. The van der Waals surface area contributed by atoms with Crippen LogP contribution in [0.15, 0.2) is 93.8 Å². The van der Waals surface area contributed by atoms with Gasteiger partial charge in [-0.3, -0.25) is 4.79 Å². The molecule has 5 rings (SSSR count). The van der Waals surface area contributed by atoms with Crippen LogP contribution in [-0.2, 0) is 24.0 Å². The normalized spacial score (nSPS) is 11.6. The molecule has 214 valence electrons. The van der Waals surface area contributed by atoms with Gasteiger partial charge in [-0.2, -0.15) is 18.3 Å². The number of nitrogens with zero attached hydrogens (tertiary/aromatic N) is 2. The van der Waals surface area contributed by atoms with Crippen LogP contribution in [0, 0.1) is 3.57 Å². The number of alkyl halides is 3. The Balaban J connectivity index is 1.14. The number of hydrazone groups is 1. The van der Waals surface area contributed by atoms with Crippen LogP contribution >= 0.6 is 49.9 Å². The second-order valence-corrected chi connectivity index (χ2v) is 12.0. The van der Waals surface area contributed by atoms with Crippen LogP contribution in [-0.4, -0.2) is 17.1 Å². The molecule has 4 aromatic carbocycles. The quantitative estimate of drug-likeness (QED) is 0.0895. The van der Waals surface area contributed by atoms with E-state index in [4.69, 9.17) is 4.74 Å². The van der Waals surface area contributed by atoms with Crippen molar-refractivity contribution >= 4 is 83.6 Å². The highest BCUT2D eigenvalue weighted by molar-refractivity contribution is 14.1. The van der Waals surface area contributed by atoms with Crippen molar-refractivity contribution in [3.63, 3.8) is 0 Å². The number of ether oxygens (including phenoxy) is 1. The summed E-state index contributed by atoms with van der Waals surface area (Å²) in [7, 11) is 0. The Morgan fingerprint density at radius 2 is 1.86 bits per heavy atom. The minimum Gasteiger partial charge on any atom is -0.487 e. The van der Waals surface area contributed by atoms with Crippen molar-refractivity contribution in [3.05, 3.63) is 115 Å². The first kappa shape index (κ1) is 30.0. The van der Waals surface area contributed by atoms with E-state index in [0.717, 1.165) is 36.7 Å². The monoisotopic (exact) mass is 764 g/mol. The van der Waals surface area contributed by atoms with Gasteiger partial charge >= 0.3 is 6.18 Å². The van der Waals surface area contributed by atoms with E-state index in [1.165, 1.54) is 35.1 Å². The lowest BCUT2D eigenvalue weighted by Crippen LogP contribution is -2.20. The molecular formula is C30H21BrF3IN4O2S. The molecule has 1 amide bonds. The number of fused-ring (bicyclic) bond motifs is 1. The predicted molar refractivity (Wildman–Crippen MR) is 171 cm³/mol. The number of benzene rings is 4. The Morgan fingerprint density at radius 1 is 1.05 bits per heavy atom. The molecule has 1 aromatic heterocycles. The molecule has 0 aliphatic heterocycles. The zero-order chi connectivity index (χ0) is 29.7. The van der Waals surface area contributed by atoms with Gasteiger partial charge in [-0.15, -0.1) is 11.3 Å². The van der Waals surface area contributed by atoms with Gasteiger partial charge in [-0.25, -0.2) is 10.4 Å². The molecule has 0 bridgehead atoms. The fraction of sp³-hybridized carbons (Fsp3) is 0.100. The fourth-order valence-electron chi connectivity index (χ4n) is 4.00. The molecule has 6 nitrogen and oxygen atoms in total. The molecule has 0 atom stereocenters. The van der Waals surface area contributed by atoms with E-state index < -0.39 is 11.7 Å². The van der Waals surface area contributed by atoms with E-state index >= 15 is 0 Å². The first-order valence-electron chi connectivity index (χ1n) is 12.4. The minimum atomic E-state index is -4.44. The molecule has 0 aliphatic rings. The highest BCUT2D eigenvalue weighted by Crippen LogP contribution is 2.33. The van der Waals surface area contributed by atoms with Crippen molar-refractivity contribution in [1.82, 2.24) is 10.4 Å². The van der Waals surface area contributed by atoms with Crippen LogP contribution in [0.2, 0.25) is 0 Å². The predicted octanol–water partition coefficient (Wildman–Crippen LogP) is 8.70. The van der Waals surface area contributed by atoms with Crippen LogP contribution in [0.3, 0.4) is 0 Å². The minimum absolute atomic E-state index is 0.0408. The Labute approximate surface area is 265 Å². The topological polar surface area (TPSA) is 75.6 Å². The molecule has 0 unspecified atom stereocenters. The molecule has 0 radical (unpaired) electrons. The number of amides is 1. The Kier molecular flexibility index (Phi) is 9.43. The van der Waals surface area contributed by atoms with Gasteiger partial charge in [0.2, 0.25) is 5.91 Å². The number of halogens is 5. The largest absolute Gasteiger partial charge is 0.487 e. The van der Waals surface area contributed by atoms with Crippen molar-refractivity contribution in [2.45, 2.75) is 19.2 Å². The first-order valence-corrected chi connectivity index (χ1v) is 15.2. The average molecular weight is 765 g/mol. The highest BCUT2D eigenvalue weighted by atomic mass is 127.